The second kappa shape index (κ2) is 57.2. The highest BCUT2D eigenvalue weighted by atomic mass is 32.2. The van der Waals surface area contributed by atoms with Crippen LogP contribution in [0.3, 0.4) is 0 Å². The minimum atomic E-state index is -1.60. The van der Waals surface area contributed by atoms with E-state index in [1.165, 1.54) is 139 Å². The van der Waals surface area contributed by atoms with E-state index in [0.717, 1.165) is 70.1 Å². The number of H-pyrrole nitrogens is 2. The van der Waals surface area contributed by atoms with E-state index in [1.807, 2.05) is 25.1 Å². The van der Waals surface area contributed by atoms with E-state index in [2.05, 4.69) is 69.4 Å². The highest BCUT2D eigenvalue weighted by Crippen LogP contribution is 2.30. The van der Waals surface area contributed by atoms with Crippen molar-refractivity contribution in [2.24, 2.45) is 23.0 Å². The Labute approximate surface area is 844 Å². The lowest BCUT2D eigenvalue weighted by Crippen LogP contribution is -2.59. The number of fused-ring (bicyclic) bond motifs is 3. The standard InChI is InChI=1S/C107H141FN16O17S2/c1-11-13-14-15-16-17-18-19-23-35-93(130)111-48-25-24-33-76-56-92(129)95(107(5,6)7)121-102(137)84(52-69-38-44-80(126)45-39-69)117-103(138)89(120-98(133)75(28-12-2)50-67(3)125)65-143-63-73-30-26-29-72(51-73)62-142-64-88(96(109)132)115-94(131)61-122(8)106(141)90(54-71-36-42-78(108)43-37-71)124(10)105(140)86(53-70-40-46-81(127)47-41-70)119-101(136)85(55-77-59-113-97-82(77)34-27-49-112-97)116-100(135)83(74-31-21-20-22-32-74)58-91(128)68(4)123(9)104(139)87(118-99(76)134)57-79-60-110-66-114-79/h20-22,26-27,29-32,34,36-47,49,51,59-60,66,68,75-76,83-90,95,126-127H,11-19,23-25,28,33,35,48,50,52-58,61-65H2,1-10H3,(H2,109,132)(H,110,114)(H,111,130)(H,112,113)(H,115,131)(H,116,135)(H,117,138)(H,118,134)(H,119,136)(H,120,133)(H,121,137)/t68-,75+,76+,83-,84-,85-,86-,87-,88-,89-,90-,95+/m0/s1. The fraction of sp³-hybridized carbons (Fsp3) is 0.486. The fourth-order valence-electron chi connectivity index (χ4n) is 17.4. The van der Waals surface area contributed by atoms with Crippen LogP contribution in [0.1, 0.15) is 215 Å². The van der Waals surface area contributed by atoms with E-state index in [0.29, 0.717) is 76.6 Å². The number of hydrogen-bond acceptors (Lipinski definition) is 21. The molecule has 1 aliphatic heterocycles. The maximum Gasteiger partial charge on any atom is 0.245 e. The van der Waals surface area contributed by atoms with Gasteiger partial charge in [-0.25, -0.2) is 14.4 Å². The number of rotatable bonds is 33. The maximum atomic E-state index is 15.8. The van der Waals surface area contributed by atoms with E-state index in [4.69, 9.17) is 5.73 Å². The number of benzene rings is 5. The van der Waals surface area contributed by atoms with Crippen LogP contribution in [0.15, 0.2) is 164 Å². The predicted molar refractivity (Wildman–Crippen MR) is 547 cm³/mol. The summed E-state index contributed by atoms with van der Waals surface area (Å²) in [6.45, 7) is 11.5. The fourth-order valence-corrected chi connectivity index (χ4v) is 19.4. The Balaban J connectivity index is 1.10. The molecule has 9 rings (SSSR count). The lowest BCUT2D eigenvalue weighted by Gasteiger charge is -2.34. The van der Waals surface area contributed by atoms with E-state index >= 15 is 47.9 Å². The molecule has 0 saturated carbocycles. The van der Waals surface area contributed by atoms with Gasteiger partial charge in [-0.15, -0.1) is 0 Å². The quantitative estimate of drug-likeness (QED) is 0.0170. The van der Waals surface area contributed by atoms with Crippen molar-refractivity contribution in [1.29, 1.82) is 0 Å². The first-order valence-electron chi connectivity index (χ1n) is 49.3. The van der Waals surface area contributed by atoms with Crippen LogP contribution in [0.25, 0.3) is 11.0 Å². The van der Waals surface area contributed by atoms with Gasteiger partial charge in [0.2, 0.25) is 70.9 Å². The van der Waals surface area contributed by atoms with Gasteiger partial charge in [0.25, 0.3) is 0 Å². The van der Waals surface area contributed by atoms with Crippen LogP contribution in [0, 0.1) is 23.1 Å². The average Bonchev–Trinajstić information content (AvgIpc) is 1.79. The van der Waals surface area contributed by atoms with E-state index < -0.39 is 179 Å². The number of hydrogen-bond donors (Lipinski definition) is 13. The van der Waals surface area contributed by atoms with Gasteiger partial charge in [0.05, 0.1) is 30.9 Å². The summed E-state index contributed by atoms with van der Waals surface area (Å²) in [6, 6.07) is 22.7. The number of imidazole rings is 1. The monoisotopic (exact) mass is 2010 g/mol. The Morgan fingerprint density at radius 1 is 0.580 bits per heavy atom. The molecule has 0 spiro atoms. The number of primary amides is 1. The number of pyridine rings is 1. The summed E-state index contributed by atoms with van der Waals surface area (Å²) in [5.41, 5.74) is 9.19. The summed E-state index contributed by atoms with van der Waals surface area (Å²) >= 11 is 2.51. The summed E-state index contributed by atoms with van der Waals surface area (Å²) in [7, 11) is 3.97. The predicted octanol–water partition coefficient (Wildman–Crippen LogP) is 10.5. The van der Waals surface area contributed by atoms with Crippen molar-refractivity contribution in [1.82, 2.24) is 77.2 Å². The van der Waals surface area contributed by atoms with Crippen molar-refractivity contribution in [3.63, 3.8) is 0 Å². The molecule has 2 bridgehead atoms. The Bertz CT molecular complexity index is 5570. The first kappa shape index (κ1) is 113. The van der Waals surface area contributed by atoms with Gasteiger partial charge in [-0.3, -0.25) is 67.1 Å². The molecule has 12 amide bonds. The number of nitrogens with two attached hydrogens (primary N) is 1. The van der Waals surface area contributed by atoms with Gasteiger partial charge in [-0.2, -0.15) is 23.5 Å². The van der Waals surface area contributed by atoms with Gasteiger partial charge in [-0.05, 0) is 132 Å². The third-order valence-corrected chi connectivity index (χ3v) is 28.0. The zero-order valence-corrected chi connectivity index (χ0v) is 85.2. The molecule has 3 aromatic heterocycles. The van der Waals surface area contributed by atoms with E-state index in [9.17, 15) is 38.6 Å². The summed E-state index contributed by atoms with van der Waals surface area (Å²) in [5.74, 6) is -14.6. The smallest absolute Gasteiger partial charge is 0.245 e. The Kier molecular flexibility index (Phi) is 45.4. The van der Waals surface area contributed by atoms with Crippen molar-refractivity contribution < 1.29 is 86.5 Å². The molecule has 8 aromatic rings. The second-order valence-electron chi connectivity index (χ2n) is 38.4. The van der Waals surface area contributed by atoms with Crippen molar-refractivity contribution in [2.45, 2.75) is 268 Å². The number of aromatic nitrogens is 4. The lowest BCUT2D eigenvalue weighted by atomic mass is 9.80. The third-order valence-electron chi connectivity index (χ3n) is 25.8. The minimum absolute atomic E-state index is 0.00852. The van der Waals surface area contributed by atoms with Crippen molar-refractivity contribution in [2.75, 3.05) is 45.7 Å². The molecule has 770 valence electrons. The number of ketones is 3. The third kappa shape index (κ3) is 36.7. The van der Waals surface area contributed by atoms with Crippen LogP contribution in [0.4, 0.5) is 4.39 Å². The van der Waals surface area contributed by atoms with Gasteiger partial charge in [0, 0.05) is 150 Å². The topological polar surface area (TPSA) is 486 Å². The Morgan fingerprint density at radius 2 is 1.16 bits per heavy atom. The molecular weight excluding hydrogens is 1860 g/mol. The van der Waals surface area contributed by atoms with Crippen LogP contribution in [-0.4, -0.2) is 233 Å². The van der Waals surface area contributed by atoms with Gasteiger partial charge in [0.15, 0.2) is 11.6 Å². The molecule has 0 unspecified atom stereocenters. The number of halogens is 1. The molecule has 14 N–H and O–H groups in total. The SMILES string of the molecule is CCCCCCCCCCCC(=O)NCCCC[C@@H]1CC(=O)[C@H](C(C)(C)C)NC(=O)[C@H](Cc2ccc(O)cc2)NC(=O)[C@@H](NC(=O)[C@H](CCC)CC(C)=O)CSCc2cccc(c2)CSC[C@@H](C(N)=O)NC(=O)CN(C)C(=O)[C@H](Cc2ccc(F)cc2)N(C)C(=O)[C@H](Cc2ccc(O)cc2)NC(=O)[C@H](Cc2c[nH]c3ncccc23)NC(=O)[C@H](c2ccccc2)CC(=O)[C@H](C)N(C)C(=O)[C@H](Cc2cnc[nH]2)NC1=O. The largest absolute Gasteiger partial charge is 0.508 e. The molecule has 0 saturated heterocycles. The number of likely N-dealkylation sites (N-methyl/N-ethyl adjacent to an activating group) is 3. The summed E-state index contributed by atoms with van der Waals surface area (Å²) in [5, 5.41) is 44.6. The molecule has 143 heavy (non-hydrogen) atoms. The number of amides is 12. The number of Topliss-reactive ketones (excluding diaryl/α,β-unsaturated/α-hetero) is 3. The number of carbonyl (C=O) groups is 15. The number of aromatic hydroxyl groups is 2. The van der Waals surface area contributed by atoms with E-state index in [-0.39, 0.29) is 104 Å². The summed E-state index contributed by atoms with van der Waals surface area (Å²) < 4.78 is 14.7. The van der Waals surface area contributed by atoms with Crippen LogP contribution in [0.5, 0.6) is 11.5 Å². The van der Waals surface area contributed by atoms with Crippen molar-refractivity contribution >= 4 is 123 Å². The summed E-state index contributed by atoms with van der Waals surface area (Å²) in [4.78, 5) is 242. The molecule has 0 aliphatic carbocycles. The average molecular weight is 2010 g/mol. The molecular formula is C107H141FN16O17S2. The molecule has 0 radical (unpaired) electrons. The maximum absolute atomic E-state index is 15.8. The lowest BCUT2D eigenvalue weighted by molar-refractivity contribution is -0.146. The van der Waals surface area contributed by atoms with Crippen LogP contribution >= 0.6 is 23.5 Å². The first-order valence-corrected chi connectivity index (χ1v) is 51.6. The molecule has 36 heteroatoms. The highest BCUT2D eigenvalue weighted by molar-refractivity contribution is 7.98. The van der Waals surface area contributed by atoms with Crippen molar-refractivity contribution in [3.05, 3.63) is 215 Å². The number of nitrogens with one attached hydrogen (secondary N) is 10. The van der Waals surface area contributed by atoms with Gasteiger partial charge in [0.1, 0.15) is 71.0 Å². The Morgan fingerprint density at radius 3 is 1.78 bits per heavy atom. The Hall–Kier alpha value is -13.1. The van der Waals surface area contributed by atoms with Gasteiger partial charge in [-0.1, -0.05) is 190 Å². The zero-order chi connectivity index (χ0) is 104. The molecule has 4 heterocycles. The molecule has 5 aromatic carbocycles. The molecule has 0 fully saturated rings. The number of thioether (sulfide) groups is 2. The van der Waals surface area contributed by atoms with E-state index in [1.54, 1.807) is 93.8 Å². The number of phenolic OH excluding ortho intramolecular Hbond substituents is 2. The molecule has 1 aliphatic rings. The normalized spacial score (nSPS) is 21.0. The minimum Gasteiger partial charge on any atom is -0.508 e. The number of phenols is 2. The first-order chi connectivity index (χ1) is 68.4. The number of aromatic amines is 2. The number of unbranched alkanes of at least 4 members (excludes halogenated alkanes) is 9. The van der Waals surface area contributed by atoms with Crippen LogP contribution < -0.4 is 48.3 Å². The van der Waals surface area contributed by atoms with Gasteiger partial charge < -0.3 is 87.9 Å². The summed E-state index contributed by atoms with van der Waals surface area (Å²) in [6.07, 6.45) is 14.8. The van der Waals surface area contributed by atoms with Gasteiger partial charge >= 0.3 is 0 Å². The molecule has 33 nitrogen and oxygen atoms in total. The van der Waals surface area contributed by atoms with Crippen LogP contribution in [0.2, 0.25) is 0 Å². The van der Waals surface area contributed by atoms with Crippen molar-refractivity contribution in [3.8, 4) is 11.5 Å². The number of nitrogens with zero attached hydrogens (tertiary/aromatic N) is 5. The van der Waals surface area contributed by atoms with Crippen LogP contribution in [-0.2, 0) is 116 Å². The highest BCUT2D eigenvalue weighted by Gasteiger charge is 2.43. The second-order valence-corrected chi connectivity index (χ2v) is 40.4. The number of carbonyl (C=O) groups excluding carboxylic acids is 15. The zero-order valence-electron chi connectivity index (χ0n) is 83.5. The molecule has 12 atom stereocenters.